The molecule has 1 aromatic heterocycles. The van der Waals surface area contributed by atoms with E-state index in [0.29, 0.717) is 5.92 Å². The molecule has 1 aromatic carbocycles. The lowest BCUT2D eigenvalue weighted by Crippen LogP contribution is -2.30. The molecule has 4 nitrogen and oxygen atoms in total. The van der Waals surface area contributed by atoms with Crippen LogP contribution < -0.4 is 5.32 Å². The van der Waals surface area contributed by atoms with Crippen LogP contribution in [0.3, 0.4) is 0 Å². The standard InChI is InChI=1S/C14H19N3O/c18-13-8-4-1-5-10(13)9-15-14-16-11-6-2-3-7-12(11)17-14/h2-3,6-7,10,13,18H,1,4-5,8-9H2,(H2,15,16,17). The van der Waals surface area contributed by atoms with E-state index in [9.17, 15) is 5.11 Å². The Labute approximate surface area is 106 Å². The molecule has 0 bridgehead atoms. The Morgan fingerprint density at radius 2 is 2.11 bits per heavy atom. The zero-order chi connectivity index (χ0) is 12.4. The molecule has 0 amide bonds. The van der Waals surface area contributed by atoms with Gasteiger partial charge in [-0.15, -0.1) is 0 Å². The fraction of sp³-hybridized carbons (Fsp3) is 0.500. The van der Waals surface area contributed by atoms with Crippen LogP contribution in [0.2, 0.25) is 0 Å². The van der Waals surface area contributed by atoms with Gasteiger partial charge >= 0.3 is 0 Å². The summed E-state index contributed by atoms with van der Waals surface area (Å²) in [6.07, 6.45) is 4.27. The monoisotopic (exact) mass is 245 g/mol. The maximum atomic E-state index is 9.92. The van der Waals surface area contributed by atoms with Crippen molar-refractivity contribution in [1.29, 1.82) is 0 Å². The van der Waals surface area contributed by atoms with E-state index in [1.165, 1.54) is 6.42 Å². The first-order valence-electron chi connectivity index (χ1n) is 6.69. The number of hydrogen-bond acceptors (Lipinski definition) is 3. The molecule has 1 saturated carbocycles. The number of benzene rings is 1. The van der Waals surface area contributed by atoms with Gasteiger partial charge in [0.2, 0.25) is 5.95 Å². The molecule has 1 fully saturated rings. The summed E-state index contributed by atoms with van der Waals surface area (Å²) < 4.78 is 0. The molecule has 3 N–H and O–H groups in total. The topological polar surface area (TPSA) is 60.9 Å². The molecule has 1 aliphatic carbocycles. The van der Waals surface area contributed by atoms with Gasteiger partial charge in [-0.25, -0.2) is 4.98 Å². The van der Waals surface area contributed by atoms with E-state index in [0.717, 1.165) is 42.8 Å². The second-order valence-electron chi connectivity index (χ2n) is 5.10. The van der Waals surface area contributed by atoms with Gasteiger partial charge < -0.3 is 15.4 Å². The molecular weight excluding hydrogens is 226 g/mol. The first-order valence-corrected chi connectivity index (χ1v) is 6.69. The number of aromatic amines is 1. The molecule has 3 rings (SSSR count). The average Bonchev–Trinajstić information content (AvgIpc) is 2.80. The molecule has 0 aliphatic heterocycles. The molecule has 1 aliphatic rings. The minimum atomic E-state index is -0.157. The third kappa shape index (κ3) is 2.34. The molecule has 0 saturated heterocycles. The predicted octanol–water partition coefficient (Wildman–Crippen LogP) is 2.53. The second kappa shape index (κ2) is 4.98. The summed E-state index contributed by atoms with van der Waals surface area (Å²) >= 11 is 0. The average molecular weight is 245 g/mol. The molecule has 2 unspecified atom stereocenters. The number of aromatic nitrogens is 2. The van der Waals surface area contributed by atoms with Gasteiger partial charge in [0.25, 0.3) is 0 Å². The van der Waals surface area contributed by atoms with Gasteiger partial charge in [0, 0.05) is 12.5 Å². The summed E-state index contributed by atoms with van der Waals surface area (Å²) in [6.45, 7) is 0.793. The molecule has 0 radical (unpaired) electrons. The summed E-state index contributed by atoms with van der Waals surface area (Å²) in [7, 11) is 0. The van der Waals surface area contributed by atoms with E-state index in [1.807, 2.05) is 24.3 Å². The van der Waals surface area contributed by atoms with Crippen molar-refractivity contribution in [2.24, 2.45) is 5.92 Å². The van der Waals surface area contributed by atoms with Crippen molar-refractivity contribution in [3.05, 3.63) is 24.3 Å². The number of anilines is 1. The zero-order valence-corrected chi connectivity index (χ0v) is 10.4. The van der Waals surface area contributed by atoms with Crippen LogP contribution in [0.25, 0.3) is 11.0 Å². The Balaban J connectivity index is 1.65. The quantitative estimate of drug-likeness (QED) is 0.778. The van der Waals surface area contributed by atoms with Crippen molar-refractivity contribution in [2.75, 3.05) is 11.9 Å². The maximum absolute atomic E-state index is 9.92. The van der Waals surface area contributed by atoms with E-state index in [-0.39, 0.29) is 6.10 Å². The van der Waals surface area contributed by atoms with Gasteiger partial charge in [0.15, 0.2) is 0 Å². The van der Waals surface area contributed by atoms with Crippen LogP contribution >= 0.6 is 0 Å². The lowest BCUT2D eigenvalue weighted by molar-refractivity contribution is 0.0762. The highest BCUT2D eigenvalue weighted by molar-refractivity contribution is 5.77. The summed E-state index contributed by atoms with van der Waals surface area (Å²) in [5.41, 5.74) is 2.02. The first kappa shape index (κ1) is 11.5. The van der Waals surface area contributed by atoms with Crippen LogP contribution in [0.4, 0.5) is 5.95 Å². The molecule has 0 spiro atoms. The molecular formula is C14H19N3O. The number of fused-ring (bicyclic) bond motifs is 1. The lowest BCUT2D eigenvalue weighted by Gasteiger charge is -2.27. The Hall–Kier alpha value is -1.55. The van der Waals surface area contributed by atoms with Gasteiger partial charge in [-0.05, 0) is 25.0 Å². The summed E-state index contributed by atoms with van der Waals surface area (Å²) in [4.78, 5) is 7.72. The number of aliphatic hydroxyl groups is 1. The largest absolute Gasteiger partial charge is 0.393 e. The van der Waals surface area contributed by atoms with Crippen LogP contribution in [0.5, 0.6) is 0 Å². The van der Waals surface area contributed by atoms with Crippen molar-refractivity contribution >= 4 is 17.0 Å². The summed E-state index contributed by atoms with van der Waals surface area (Å²) in [5, 5.41) is 13.2. The number of para-hydroxylation sites is 2. The normalized spacial score (nSPS) is 24.3. The highest BCUT2D eigenvalue weighted by Gasteiger charge is 2.22. The zero-order valence-electron chi connectivity index (χ0n) is 10.4. The molecule has 2 atom stereocenters. The number of hydrogen-bond donors (Lipinski definition) is 3. The van der Waals surface area contributed by atoms with Gasteiger partial charge in [0.1, 0.15) is 0 Å². The van der Waals surface area contributed by atoms with Gasteiger partial charge in [-0.1, -0.05) is 25.0 Å². The van der Waals surface area contributed by atoms with Crippen LogP contribution in [0.15, 0.2) is 24.3 Å². The second-order valence-corrected chi connectivity index (χ2v) is 5.10. The van der Waals surface area contributed by atoms with Crippen molar-refractivity contribution < 1.29 is 5.11 Å². The number of H-pyrrole nitrogens is 1. The van der Waals surface area contributed by atoms with Crippen molar-refractivity contribution in [2.45, 2.75) is 31.8 Å². The predicted molar refractivity (Wildman–Crippen MR) is 72.5 cm³/mol. The summed E-state index contributed by atoms with van der Waals surface area (Å²) in [6, 6.07) is 7.99. The highest BCUT2D eigenvalue weighted by atomic mass is 16.3. The highest BCUT2D eigenvalue weighted by Crippen LogP contribution is 2.24. The molecule has 1 heterocycles. The molecule has 2 aromatic rings. The van der Waals surface area contributed by atoms with Gasteiger partial charge in [-0.2, -0.15) is 0 Å². The number of nitrogens with zero attached hydrogens (tertiary/aromatic N) is 1. The molecule has 4 heteroatoms. The van der Waals surface area contributed by atoms with Gasteiger partial charge in [0.05, 0.1) is 17.1 Å². The Kier molecular flexibility index (Phi) is 3.19. The lowest BCUT2D eigenvalue weighted by atomic mass is 9.86. The molecule has 96 valence electrons. The van der Waals surface area contributed by atoms with Crippen molar-refractivity contribution in [3.63, 3.8) is 0 Å². The molecule has 18 heavy (non-hydrogen) atoms. The van der Waals surface area contributed by atoms with Crippen LogP contribution in [0.1, 0.15) is 25.7 Å². The van der Waals surface area contributed by atoms with E-state index < -0.39 is 0 Å². The van der Waals surface area contributed by atoms with Crippen LogP contribution in [-0.2, 0) is 0 Å². The first-order chi connectivity index (χ1) is 8.83. The number of imidazole rings is 1. The van der Waals surface area contributed by atoms with E-state index >= 15 is 0 Å². The van der Waals surface area contributed by atoms with Crippen LogP contribution in [0, 0.1) is 5.92 Å². The van der Waals surface area contributed by atoms with Crippen LogP contribution in [-0.4, -0.2) is 27.7 Å². The minimum absolute atomic E-state index is 0.157. The third-order valence-corrected chi connectivity index (χ3v) is 3.79. The smallest absolute Gasteiger partial charge is 0.201 e. The van der Waals surface area contributed by atoms with E-state index in [1.54, 1.807) is 0 Å². The Morgan fingerprint density at radius 3 is 2.94 bits per heavy atom. The number of aliphatic hydroxyl groups excluding tert-OH is 1. The Morgan fingerprint density at radius 1 is 1.28 bits per heavy atom. The number of rotatable bonds is 3. The number of nitrogens with one attached hydrogen (secondary N) is 2. The fourth-order valence-corrected chi connectivity index (χ4v) is 2.69. The van der Waals surface area contributed by atoms with E-state index in [4.69, 9.17) is 0 Å². The Bertz CT molecular complexity index is 489. The minimum Gasteiger partial charge on any atom is -0.393 e. The van der Waals surface area contributed by atoms with Crippen molar-refractivity contribution in [3.8, 4) is 0 Å². The fourth-order valence-electron chi connectivity index (χ4n) is 2.69. The third-order valence-electron chi connectivity index (χ3n) is 3.79. The SMILES string of the molecule is OC1CCCCC1CNc1nc2ccccc2[nH]1. The van der Waals surface area contributed by atoms with E-state index in [2.05, 4.69) is 15.3 Å². The maximum Gasteiger partial charge on any atom is 0.201 e. The van der Waals surface area contributed by atoms with Crippen molar-refractivity contribution in [1.82, 2.24) is 9.97 Å². The summed E-state index contributed by atoms with van der Waals surface area (Å²) in [5.74, 6) is 1.15. The van der Waals surface area contributed by atoms with Gasteiger partial charge in [-0.3, -0.25) is 0 Å².